The molecule has 0 aliphatic rings. The SMILES string of the molecule is CCC(C(=O)NC)N(Cc1ccccc1)C(=O)Cc1ccccc1F. The van der Waals surface area contributed by atoms with Crippen LogP contribution in [0.1, 0.15) is 24.5 Å². The molecule has 0 radical (unpaired) electrons. The summed E-state index contributed by atoms with van der Waals surface area (Å²) >= 11 is 0. The van der Waals surface area contributed by atoms with Crippen LogP contribution >= 0.6 is 0 Å². The number of carbonyl (C=O) groups is 2. The van der Waals surface area contributed by atoms with Crippen molar-refractivity contribution in [2.24, 2.45) is 0 Å². The lowest BCUT2D eigenvalue weighted by molar-refractivity contribution is -0.140. The first-order valence-corrected chi connectivity index (χ1v) is 8.35. The summed E-state index contributed by atoms with van der Waals surface area (Å²) in [6.07, 6.45) is 0.405. The quantitative estimate of drug-likeness (QED) is 0.841. The van der Waals surface area contributed by atoms with E-state index in [0.29, 0.717) is 18.5 Å². The molecule has 2 aromatic rings. The Bertz CT molecular complexity index is 719. The van der Waals surface area contributed by atoms with E-state index in [-0.39, 0.29) is 18.2 Å². The predicted molar refractivity (Wildman–Crippen MR) is 95.2 cm³/mol. The van der Waals surface area contributed by atoms with Gasteiger partial charge in [0.2, 0.25) is 11.8 Å². The molecule has 2 rings (SSSR count). The van der Waals surface area contributed by atoms with Crippen molar-refractivity contribution in [2.45, 2.75) is 32.4 Å². The monoisotopic (exact) mass is 342 g/mol. The molecule has 0 aliphatic heterocycles. The fourth-order valence-corrected chi connectivity index (χ4v) is 2.77. The highest BCUT2D eigenvalue weighted by Gasteiger charge is 2.28. The van der Waals surface area contributed by atoms with E-state index in [0.717, 1.165) is 5.56 Å². The molecule has 0 bridgehead atoms. The van der Waals surface area contributed by atoms with E-state index in [4.69, 9.17) is 0 Å². The molecule has 2 aromatic carbocycles. The number of benzene rings is 2. The Morgan fingerprint density at radius 2 is 1.72 bits per heavy atom. The fraction of sp³-hybridized carbons (Fsp3) is 0.300. The molecule has 0 aliphatic carbocycles. The minimum absolute atomic E-state index is 0.0764. The minimum atomic E-state index is -0.593. The lowest BCUT2D eigenvalue weighted by Crippen LogP contribution is -2.48. The van der Waals surface area contributed by atoms with Crippen LogP contribution in [0, 0.1) is 5.82 Å². The second-order valence-corrected chi connectivity index (χ2v) is 5.81. The Morgan fingerprint density at radius 3 is 2.32 bits per heavy atom. The third-order valence-corrected chi connectivity index (χ3v) is 4.13. The molecule has 2 amide bonds. The van der Waals surface area contributed by atoms with Crippen molar-refractivity contribution in [3.8, 4) is 0 Å². The van der Waals surface area contributed by atoms with E-state index in [2.05, 4.69) is 5.32 Å². The second kappa shape index (κ2) is 8.97. The Morgan fingerprint density at radius 1 is 1.08 bits per heavy atom. The maximum absolute atomic E-state index is 13.9. The largest absolute Gasteiger partial charge is 0.357 e. The average molecular weight is 342 g/mol. The van der Waals surface area contributed by atoms with Crippen LogP contribution in [0.15, 0.2) is 54.6 Å². The summed E-state index contributed by atoms with van der Waals surface area (Å²) in [7, 11) is 1.55. The summed E-state index contributed by atoms with van der Waals surface area (Å²) < 4.78 is 13.9. The standard InChI is InChI=1S/C20H23FN2O2/c1-3-18(20(25)22-2)23(14-15-9-5-4-6-10-15)19(24)13-16-11-7-8-12-17(16)21/h4-12,18H,3,13-14H2,1-2H3,(H,22,25). The molecule has 0 heterocycles. The molecule has 0 fully saturated rings. The second-order valence-electron chi connectivity index (χ2n) is 5.81. The smallest absolute Gasteiger partial charge is 0.242 e. The molecule has 0 aromatic heterocycles. The van der Waals surface area contributed by atoms with Crippen molar-refractivity contribution < 1.29 is 14.0 Å². The lowest BCUT2D eigenvalue weighted by Gasteiger charge is -2.30. The zero-order valence-corrected chi connectivity index (χ0v) is 14.5. The molecule has 0 saturated heterocycles. The Hall–Kier alpha value is -2.69. The summed E-state index contributed by atoms with van der Waals surface area (Å²) in [5.41, 5.74) is 1.25. The van der Waals surface area contributed by atoms with Gasteiger partial charge < -0.3 is 10.2 Å². The third-order valence-electron chi connectivity index (χ3n) is 4.13. The van der Waals surface area contributed by atoms with Crippen molar-refractivity contribution in [3.05, 3.63) is 71.5 Å². The third kappa shape index (κ3) is 4.89. The summed E-state index contributed by atoms with van der Waals surface area (Å²) in [5.74, 6) is -0.909. The molecule has 1 atom stereocenters. The number of likely N-dealkylation sites (N-methyl/N-ethyl adjacent to an activating group) is 1. The van der Waals surface area contributed by atoms with E-state index < -0.39 is 11.9 Å². The highest BCUT2D eigenvalue weighted by molar-refractivity contribution is 5.88. The van der Waals surface area contributed by atoms with Crippen molar-refractivity contribution in [3.63, 3.8) is 0 Å². The molecule has 1 unspecified atom stereocenters. The number of nitrogens with zero attached hydrogens (tertiary/aromatic N) is 1. The van der Waals surface area contributed by atoms with Gasteiger partial charge >= 0.3 is 0 Å². The average Bonchev–Trinajstić information content (AvgIpc) is 2.64. The van der Waals surface area contributed by atoms with Crippen molar-refractivity contribution in [2.75, 3.05) is 7.05 Å². The van der Waals surface area contributed by atoms with Crippen LogP contribution in [0.4, 0.5) is 4.39 Å². The molecule has 25 heavy (non-hydrogen) atoms. The number of hydrogen-bond donors (Lipinski definition) is 1. The van der Waals surface area contributed by atoms with Crippen LogP contribution in [-0.2, 0) is 22.6 Å². The first kappa shape index (κ1) is 18.6. The van der Waals surface area contributed by atoms with Crippen molar-refractivity contribution >= 4 is 11.8 Å². The number of amides is 2. The zero-order chi connectivity index (χ0) is 18.2. The van der Waals surface area contributed by atoms with Gasteiger partial charge in [0.05, 0.1) is 6.42 Å². The first-order chi connectivity index (χ1) is 12.1. The number of rotatable bonds is 7. The number of hydrogen-bond acceptors (Lipinski definition) is 2. The summed E-state index contributed by atoms with van der Waals surface area (Å²) in [4.78, 5) is 26.6. The van der Waals surface area contributed by atoms with Crippen LogP contribution in [0.3, 0.4) is 0 Å². The topological polar surface area (TPSA) is 49.4 Å². The van der Waals surface area contributed by atoms with Gasteiger partial charge in [-0.3, -0.25) is 9.59 Å². The Labute approximate surface area is 147 Å². The van der Waals surface area contributed by atoms with Crippen molar-refractivity contribution in [1.29, 1.82) is 0 Å². The van der Waals surface area contributed by atoms with Gasteiger partial charge in [-0.25, -0.2) is 4.39 Å². The van der Waals surface area contributed by atoms with Gasteiger partial charge in [-0.1, -0.05) is 55.5 Å². The highest BCUT2D eigenvalue weighted by atomic mass is 19.1. The highest BCUT2D eigenvalue weighted by Crippen LogP contribution is 2.15. The van der Waals surface area contributed by atoms with Gasteiger partial charge in [0.1, 0.15) is 11.9 Å². The van der Waals surface area contributed by atoms with Gasteiger partial charge in [-0.2, -0.15) is 0 Å². The van der Waals surface area contributed by atoms with Crippen molar-refractivity contribution in [1.82, 2.24) is 10.2 Å². The zero-order valence-electron chi connectivity index (χ0n) is 14.5. The van der Waals surface area contributed by atoms with Crippen LogP contribution in [0.5, 0.6) is 0 Å². The molecule has 5 heteroatoms. The summed E-state index contributed by atoms with van der Waals surface area (Å²) in [6.45, 7) is 2.16. The fourth-order valence-electron chi connectivity index (χ4n) is 2.77. The van der Waals surface area contributed by atoms with Gasteiger partial charge in [-0.05, 0) is 23.6 Å². The van der Waals surface area contributed by atoms with Crippen LogP contribution in [0.25, 0.3) is 0 Å². The van der Waals surface area contributed by atoms with Gasteiger partial charge in [0.15, 0.2) is 0 Å². The van der Waals surface area contributed by atoms with Gasteiger partial charge in [0, 0.05) is 13.6 Å². The first-order valence-electron chi connectivity index (χ1n) is 8.35. The molecule has 4 nitrogen and oxygen atoms in total. The summed E-state index contributed by atoms with van der Waals surface area (Å²) in [6, 6.07) is 15.1. The predicted octanol–water partition coefficient (Wildman–Crippen LogP) is 2.92. The maximum atomic E-state index is 13.9. The van der Waals surface area contributed by atoms with Crippen LogP contribution < -0.4 is 5.32 Å². The Kier molecular flexibility index (Phi) is 6.69. The normalized spacial score (nSPS) is 11.6. The summed E-state index contributed by atoms with van der Waals surface area (Å²) in [5, 5.41) is 2.61. The number of halogens is 1. The number of nitrogens with one attached hydrogen (secondary N) is 1. The van der Waals surface area contributed by atoms with Crippen LogP contribution in [-0.4, -0.2) is 29.8 Å². The minimum Gasteiger partial charge on any atom is -0.357 e. The molecule has 0 spiro atoms. The molecule has 1 N–H and O–H groups in total. The maximum Gasteiger partial charge on any atom is 0.242 e. The van der Waals surface area contributed by atoms with Gasteiger partial charge in [0.25, 0.3) is 0 Å². The van der Waals surface area contributed by atoms with Gasteiger partial charge in [-0.15, -0.1) is 0 Å². The molecular weight excluding hydrogens is 319 g/mol. The van der Waals surface area contributed by atoms with E-state index >= 15 is 0 Å². The van der Waals surface area contributed by atoms with E-state index in [1.807, 2.05) is 37.3 Å². The number of carbonyl (C=O) groups excluding carboxylic acids is 2. The van der Waals surface area contributed by atoms with E-state index in [1.54, 1.807) is 25.2 Å². The molecule has 132 valence electrons. The Balaban J connectivity index is 2.27. The lowest BCUT2D eigenvalue weighted by atomic mass is 10.1. The van der Waals surface area contributed by atoms with E-state index in [9.17, 15) is 14.0 Å². The van der Waals surface area contributed by atoms with E-state index in [1.165, 1.54) is 11.0 Å². The molecular formula is C20H23FN2O2. The molecule has 0 saturated carbocycles. The van der Waals surface area contributed by atoms with Crippen LogP contribution in [0.2, 0.25) is 0 Å².